The molecule has 8 heteroatoms. The topological polar surface area (TPSA) is 87.7 Å². The predicted octanol–water partition coefficient (Wildman–Crippen LogP) is 0.639. The molecule has 22 heavy (non-hydrogen) atoms. The summed E-state index contributed by atoms with van der Waals surface area (Å²) in [6, 6.07) is 1.43. The zero-order valence-corrected chi connectivity index (χ0v) is 12.4. The predicted molar refractivity (Wildman–Crippen MR) is 79.5 cm³/mol. The van der Waals surface area contributed by atoms with Gasteiger partial charge in [0.05, 0.1) is 29.9 Å². The Balaban J connectivity index is 2.02. The molecule has 0 fully saturated rings. The highest BCUT2D eigenvalue weighted by Crippen LogP contribution is 2.14. The van der Waals surface area contributed by atoms with Gasteiger partial charge in [0.1, 0.15) is 6.33 Å². The standard InChI is InChI=1S/C14H16N6O2/c1-10(13-18-17-9-19(13)5-6-22-2)20-8-16-12-3-4-15-7-11(12)14(20)21/h3-4,7-10H,5-6H2,1-2H3/t10-/m1/s1. The molecule has 0 saturated carbocycles. The van der Waals surface area contributed by atoms with Gasteiger partial charge in [0.15, 0.2) is 5.82 Å². The van der Waals surface area contributed by atoms with Gasteiger partial charge in [0.25, 0.3) is 5.56 Å². The molecule has 0 bridgehead atoms. The number of pyridine rings is 1. The second kappa shape index (κ2) is 6.02. The molecule has 1 atom stereocenters. The minimum absolute atomic E-state index is 0.146. The van der Waals surface area contributed by atoms with Crippen molar-refractivity contribution in [3.8, 4) is 0 Å². The Labute approximate surface area is 126 Å². The molecule has 0 aliphatic heterocycles. The van der Waals surface area contributed by atoms with Crippen LogP contribution < -0.4 is 5.56 Å². The van der Waals surface area contributed by atoms with Gasteiger partial charge < -0.3 is 9.30 Å². The first kappa shape index (κ1) is 14.3. The lowest BCUT2D eigenvalue weighted by Gasteiger charge is -2.15. The highest BCUT2D eigenvalue weighted by atomic mass is 16.5. The Hall–Kier alpha value is -2.61. The molecule has 8 nitrogen and oxygen atoms in total. The average molecular weight is 300 g/mol. The van der Waals surface area contributed by atoms with Gasteiger partial charge in [0.2, 0.25) is 0 Å². The normalized spacial score (nSPS) is 12.6. The lowest BCUT2D eigenvalue weighted by atomic mass is 10.2. The van der Waals surface area contributed by atoms with Crippen molar-refractivity contribution in [1.29, 1.82) is 0 Å². The highest BCUT2D eigenvalue weighted by molar-refractivity contribution is 5.75. The van der Waals surface area contributed by atoms with Crippen LogP contribution in [0.25, 0.3) is 10.9 Å². The summed E-state index contributed by atoms with van der Waals surface area (Å²) in [5, 5.41) is 8.53. The maximum Gasteiger partial charge on any atom is 0.263 e. The zero-order chi connectivity index (χ0) is 15.5. The summed E-state index contributed by atoms with van der Waals surface area (Å²) < 4.78 is 8.48. The first-order valence-electron chi connectivity index (χ1n) is 6.90. The van der Waals surface area contributed by atoms with E-state index in [-0.39, 0.29) is 11.6 Å². The maximum atomic E-state index is 12.6. The molecule has 0 aliphatic carbocycles. The number of fused-ring (bicyclic) bond motifs is 1. The van der Waals surface area contributed by atoms with E-state index in [2.05, 4.69) is 20.2 Å². The molecule has 0 spiro atoms. The first-order valence-corrected chi connectivity index (χ1v) is 6.90. The molecule has 0 radical (unpaired) electrons. The maximum absolute atomic E-state index is 12.6. The molecule has 0 saturated heterocycles. The van der Waals surface area contributed by atoms with Crippen LogP contribution in [0.5, 0.6) is 0 Å². The molecule has 0 aromatic carbocycles. The summed E-state index contributed by atoms with van der Waals surface area (Å²) in [6.45, 7) is 3.06. The molecule has 3 aromatic heterocycles. The van der Waals surface area contributed by atoms with Crippen LogP contribution in [0, 0.1) is 0 Å². The molecule has 3 aromatic rings. The van der Waals surface area contributed by atoms with E-state index >= 15 is 0 Å². The second-order valence-corrected chi connectivity index (χ2v) is 4.90. The van der Waals surface area contributed by atoms with Crippen LogP contribution in [0.3, 0.4) is 0 Å². The van der Waals surface area contributed by atoms with Gasteiger partial charge in [-0.25, -0.2) is 4.98 Å². The molecule has 0 unspecified atom stereocenters. The van der Waals surface area contributed by atoms with E-state index in [1.165, 1.54) is 17.1 Å². The van der Waals surface area contributed by atoms with Gasteiger partial charge in [-0.15, -0.1) is 10.2 Å². The van der Waals surface area contributed by atoms with E-state index in [9.17, 15) is 4.79 Å². The van der Waals surface area contributed by atoms with E-state index in [0.29, 0.717) is 29.9 Å². The van der Waals surface area contributed by atoms with Gasteiger partial charge >= 0.3 is 0 Å². The van der Waals surface area contributed by atoms with Crippen molar-refractivity contribution in [3.05, 3.63) is 47.3 Å². The Kier molecular flexibility index (Phi) is 3.92. The number of ether oxygens (including phenoxy) is 1. The summed E-state index contributed by atoms with van der Waals surface area (Å²) >= 11 is 0. The van der Waals surface area contributed by atoms with E-state index in [1.807, 2.05) is 11.5 Å². The molecule has 0 amide bonds. The minimum Gasteiger partial charge on any atom is -0.383 e. The number of hydrogen-bond donors (Lipinski definition) is 0. The molecular weight excluding hydrogens is 284 g/mol. The number of rotatable bonds is 5. The SMILES string of the molecule is COCCn1cnnc1[C@@H](C)n1cnc2ccncc2c1=O. The van der Waals surface area contributed by atoms with Crippen molar-refractivity contribution in [1.82, 2.24) is 29.3 Å². The van der Waals surface area contributed by atoms with Crippen molar-refractivity contribution in [3.63, 3.8) is 0 Å². The van der Waals surface area contributed by atoms with Gasteiger partial charge in [-0.1, -0.05) is 0 Å². The van der Waals surface area contributed by atoms with Crippen molar-refractivity contribution >= 4 is 10.9 Å². The van der Waals surface area contributed by atoms with Crippen LogP contribution in [-0.2, 0) is 11.3 Å². The minimum atomic E-state index is -0.288. The largest absolute Gasteiger partial charge is 0.383 e. The Morgan fingerprint density at radius 2 is 2.23 bits per heavy atom. The second-order valence-electron chi connectivity index (χ2n) is 4.90. The number of aromatic nitrogens is 6. The highest BCUT2D eigenvalue weighted by Gasteiger charge is 2.17. The first-order chi connectivity index (χ1) is 10.7. The van der Waals surface area contributed by atoms with Crippen molar-refractivity contribution in [2.24, 2.45) is 0 Å². The van der Waals surface area contributed by atoms with E-state index in [4.69, 9.17) is 4.74 Å². The van der Waals surface area contributed by atoms with Gasteiger partial charge in [-0.3, -0.25) is 14.3 Å². The molecular formula is C14H16N6O2. The average Bonchev–Trinajstić information content (AvgIpc) is 3.01. The fraction of sp³-hybridized carbons (Fsp3) is 0.357. The molecule has 114 valence electrons. The lowest BCUT2D eigenvalue weighted by Crippen LogP contribution is -2.26. The van der Waals surface area contributed by atoms with Crippen LogP contribution in [0.1, 0.15) is 18.8 Å². The third-order valence-corrected chi connectivity index (χ3v) is 3.56. The van der Waals surface area contributed by atoms with Crippen LogP contribution in [0.15, 0.2) is 35.9 Å². The Morgan fingerprint density at radius 1 is 1.36 bits per heavy atom. The summed E-state index contributed by atoms with van der Waals surface area (Å²) in [5.74, 6) is 0.684. The van der Waals surface area contributed by atoms with Crippen molar-refractivity contribution < 1.29 is 4.74 Å². The fourth-order valence-corrected chi connectivity index (χ4v) is 2.33. The number of nitrogens with zero attached hydrogens (tertiary/aromatic N) is 6. The summed E-state index contributed by atoms with van der Waals surface area (Å²) in [4.78, 5) is 20.9. The number of methoxy groups -OCH3 is 1. The molecule has 0 aliphatic rings. The quantitative estimate of drug-likeness (QED) is 0.687. The van der Waals surface area contributed by atoms with Crippen LogP contribution in [0.4, 0.5) is 0 Å². The lowest BCUT2D eigenvalue weighted by molar-refractivity contribution is 0.185. The van der Waals surface area contributed by atoms with E-state index < -0.39 is 0 Å². The van der Waals surface area contributed by atoms with Crippen LogP contribution in [0.2, 0.25) is 0 Å². The molecule has 3 rings (SSSR count). The molecule has 0 N–H and O–H groups in total. The van der Waals surface area contributed by atoms with Gasteiger partial charge in [-0.2, -0.15) is 0 Å². The third-order valence-electron chi connectivity index (χ3n) is 3.56. The third kappa shape index (κ3) is 2.48. The summed E-state index contributed by atoms with van der Waals surface area (Å²) in [7, 11) is 1.64. The summed E-state index contributed by atoms with van der Waals surface area (Å²) in [6.07, 6.45) is 6.31. The fourth-order valence-electron chi connectivity index (χ4n) is 2.33. The Bertz CT molecular complexity index is 840. The van der Waals surface area contributed by atoms with Crippen molar-refractivity contribution in [2.45, 2.75) is 19.5 Å². The molecule has 3 heterocycles. The van der Waals surface area contributed by atoms with Crippen LogP contribution in [-0.4, -0.2) is 43.0 Å². The number of hydrogen-bond acceptors (Lipinski definition) is 6. The van der Waals surface area contributed by atoms with E-state index in [1.54, 1.807) is 25.7 Å². The van der Waals surface area contributed by atoms with E-state index in [0.717, 1.165) is 0 Å². The summed E-state index contributed by atoms with van der Waals surface area (Å²) in [5.41, 5.74) is 0.483. The zero-order valence-electron chi connectivity index (χ0n) is 12.4. The van der Waals surface area contributed by atoms with Gasteiger partial charge in [-0.05, 0) is 13.0 Å². The monoisotopic (exact) mass is 300 g/mol. The van der Waals surface area contributed by atoms with Crippen molar-refractivity contribution in [2.75, 3.05) is 13.7 Å². The smallest absolute Gasteiger partial charge is 0.263 e. The van der Waals surface area contributed by atoms with Gasteiger partial charge in [0, 0.05) is 26.0 Å². The Morgan fingerprint density at radius 3 is 3.05 bits per heavy atom. The van der Waals surface area contributed by atoms with Crippen LogP contribution >= 0.6 is 0 Å².